The Morgan fingerprint density at radius 1 is 1.44 bits per heavy atom. The predicted octanol–water partition coefficient (Wildman–Crippen LogP) is 2.58. The lowest BCUT2D eigenvalue weighted by Crippen LogP contribution is -2.08. The van der Waals surface area contributed by atoms with Crippen molar-refractivity contribution in [1.82, 2.24) is 9.97 Å². The molecular weight excluding hydrogens is 220 g/mol. The smallest absolute Gasteiger partial charge is 0.187 e. The first-order valence-corrected chi connectivity index (χ1v) is 5.90. The summed E-state index contributed by atoms with van der Waals surface area (Å²) in [6.45, 7) is 3.83. The molecule has 4 heteroatoms. The van der Waals surface area contributed by atoms with Gasteiger partial charge in [-0.1, -0.05) is 6.07 Å². The van der Waals surface area contributed by atoms with Gasteiger partial charge in [-0.25, -0.2) is 4.98 Å². The maximum Gasteiger partial charge on any atom is 0.187 e. The quantitative estimate of drug-likeness (QED) is 0.764. The molecule has 0 radical (unpaired) electrons. The SMILES string of the molecule is Cc1nc(CC(=O)c2ncccc2C)cs1. The van der Waals surface area contributed by atoms with E-state index in [9.17, 15) is 4.79 Å². The molecule has 0 aromatic carbocycles. The number of carbonyl (C=O) groups is 1. The van der Waals surface area contributed by atoms with Crippen LogP contribution in [0.25, 0.3) is 0 Å². The van der Waals surface area contributed by atoms with Gasteiger partial charge in [-0.2, -0.15) is 0 Å². The number of hydrogen-bond acceptors (Lipinski definition) is 4. The summed E-state index contributed by atoms with van der Waals surface area (Å²) in [4.78, 5) is 20.3. The number of pyridine rings is 1. The molecule has 0 atom stereocenters. The minimum Gasteiger partial charge on any atom is -0.292 e. The van der Waals surface area contributed by atoms with Gasteiger partial charge in [0, 0.05) is 11.6 Å². The van der Waals surface area contributed by atoms with E-state index in [1.165, 1.54) is 0 Å². The molecule has 0 spiro atoms. The van der Waals surface area contributed by atoms with Gasteiger partial charge in [0.2, 0.25) is 0 Å². The third kappa shape index (κ3) is 2.33. The van der Waals surface area contributed by atoms with Gasteiger partial charge in [0.25, 0.3) is 0 Å². The molecule has 0 aliphatic heterocycles. The molecule has 3 nitrogen and oxygen atoms in total. The van der Waals surface area contributed by atoms with Gasteiger partial charge >= 0.3 is 0 Å². The van der Waals surface area contributed by atoms with E-state index in [-0.39, 0.29) is 5.78 Å². The molecule has 0 aliphatic rings. The molecule has 2 heterocycles. The van der Waals surface area contributed by atoms with E-state index in [4.69, 9.17) is 0 Å². The number of hydrogen-bond donors (Lipinski definition) is 0. The zero-order valence-corrected chi connectivity index (χ0v) is 10.0. The molecular formula is C12H12N2OS. The Kier molecular flexibility index (Phi) is 3.10. The van der Waals surface area contributed by atoms with Crippen LogP contribution in [0.2, 0.25) is 0 Å². The topological polar surface area (TPSA) is 42.9 Å². The summed E-state index contributed by atoms with van der Waals surface area (Å²) in [5, 5.41) is 2.91. The molecule has 82 valence electrons. The number of aryl methyl sites for hydroxylation is 2. The predicted molar refractivity (Wildman–Crippen MR) is 63.9 cm³/mol. The summed E-state index contributed by atoms with van der Waals surface area (Å²) in [6.07, 6.45) is 1.98. The second kappa shape index (κ2) is 4.53. The van der Waals surface area contributed by atoms with E-state index in [2.05, 4.69) is 9.97 Å². The summed E-state index contributed by atoms with van der Waals surface area (Å²) in [5.41, 5.74) is 2.30. The summed E-state index contributed by atoms with van der Waals surface area (Å²) in [5.74, 6) is 0.0309. The Balaban J connectivity index is 2.18. The molecule has 0 bridgehead atoms. The average molecular weight is 232 g/mol. The number of rotatable bonds is 3. The van der Waals surface area contributed by atoms with Gasteiger partial charge in [-0.15, -0.1) is 11.3 Å². The minimum absolute atomic E-state index is 0.0309. The third-order valence-corrected chi connectivity index (χ3v) is 3.10. The summed E-state index contributed by atoms with van der Waals surface area (Å²) in [6, 6.07) is 3.73. The number of aromatic nitrogens is 2. The fraction of sp³-hybridized carbons (Fsp3) is 0.250. The number of carbonyl (C=O) groups excluding carboxylic acids is 1. The van der Waals surface area contributed by atoms with Crippen molar-refractivity contribution in [3.8, 4) is 0 Å². The molecule has 2 rings (SSSR count). The van der Waals surface area contributed by atoms with Gasteiger partial charge in [0.15, 0.2) is 5.78 Å². The zero-order chi connectivity index (χ0) is 11.5. The highest BCUT2D eigenvalue weighted by atomic mass is 32.1. The standard InChI is InChI=1S/C12H12N2OS/c1-8-4-3-5-13-12(8)11(15)6-10-7-16-9(2)14-10/h3-5,7H,6H2,1-2H3. The molecule has 2 aromatic rings. The summed E-state index contributed by atoms with van der Waals surface area (Å²) >= 11 is 1.56. The van der Waals surface area contributed by atoms with Crippen molar-refractivity contribution in [2.75, 3.05) is 0 Å². The van der Waals surface area contributed by atoms with E-state index in [0.29, 0.717) is 12.1 Å². The van der Waals surface area contributed by atoms with Crippen LogP contribution in [0.1, 0.15) is 26.8 Å². The molecule has 0 saturated carbocycles. The minimum atomic E-state index is 0.0309. The first-order valence-electron chi connectivity index (χ1n) is 5.02. The molecule has 0 amide bonds. The molecule has 0 fully saturated rings. The Labute approximate surface area is 98.2 Å². The van der Waals surface area contributed by atoms with E-state index in [1.54, 1.807) is 17.5 Å². The Bertz CT molecular complexity index is 519. The highest BCUT2D eigenvalue weighted by Crippen LogP contribution is 2.12. The van der Waals surface area contributed by atoms with Crippen molar-refractivity contribution in [2.45, 2.75) is 20.3 Å². The zero-order valence-electron chi connectivity index (χ0n) is 9.23. The Morgan fingerprint density at radius 3 is 2.88 bits per heavy atom. The monoisotopic (exact) mass is 232 g/mol. The largest absolute Gasteiger partial charge is 0.292 e. The van der Waals surface area contributed by atoms with E-state index >= 15 is 0 Å². The van der Waals surface area contributed by atoms with Crippen LogP contribution in [0.4, 0.5) is 0 Å². The van der Waals surface area contributed by atoms with Crippen molar-refractivity contribution < 1.29 is 4.79 Å². The highest BCUT2D eigenvalue weighted by molar-refractivity contribution is 7.09. The van der Waals surface area contributed by atoms with Crippen LogP contribution in [0.3, 0.4) is 0 Å². The highest BCUT2D eigenvalue weighted by Gasteiger charge is 2.12. The normalized spacial score (nSPS) is 10.4. The second-order valence-electron chi connectivity index (χ2n) is 3.63. The van der Waals surface area contributed by atoms with Crippen LogP contribution >= 0.6 is 11.3 Å². The second-order valence-corrected chi connectivity index (χ2v) is 4.69. The number of nitrogens with zero attached hydrogens (tertiary/aromatic N) is 2. The van der Waals surface area contributed by atoms with Crippen molar-refractivity contribution >= 4 is 17.1 Å². The van der Waals surface area contributed by atoms with Gasteiger partial charge in [-0.05, 0) is 25.5 Å². The van der Waals surface area contributed by atoms with Gasteiger partial charge in [0.1, 0.15) is 5.69 Å². The van der Waals surface area contributed by atoms with Crippen LogP contribution in [-0.4, -0.2) is 15.8 Å². The van der Waals surface area contributed by atoms with Crippen molar-refractivity contribution in [2.24, 2.45) is 0 Å². The van der Waals surface area contributed by atoms with Gasteiger partial charge in [0.05, 0.1) is 17.1 Å². The van der Waals surface area contributed by atoms with Crippen molar-refractivity contribution in [1.29, 1.82) is 0 Å². The van der Waals surface area contributed by atoms with E-state index < -0.39 is 0 Å². The van der Waals surface area contributed by atoms with Crippen LogP contribution < -0.4 is 0 Å². The maximum absolute atomic E-state index is 11.9. The Morgan fingerprint density at radius 2 is 2.25 bits per heavy atom. The van der Waals surface area contributed by atoms with E-state index in [1.807, 2.05) is 31.4 Å². The summed E-state index contributed by atoms with van der Waals surface area (Å²) in [7, 11) is 0. The van der Waals surface area contributed by atoms with Crippen LogP contribution in [0.15, 0.2) is 23.7 Å². The van der Waals surface area contributed by atoms with Crippen LogP contribution in [0.5, 0.6) is 0 Å². The molecule has 0 unspecified atom stereocenters. The lowest BCUT2D eigenvalue weighted by atomic mass is 10.1. The molecule has 16 heavy (non-hydrogen) atoms. The average Bonchev–Trinajstić information content (AvgIpc) is 2.64. The first kappa shape index (κ1) is 11.0. The number of ketones is 1. The Hall–Kier alpha value is -1.55. The fourth-order valence-electron chi connectivity index (χ4n) is 1.52. The molecule has 0 saturated heterocycles. The number of Topliss-reactive ketones (excluding diaryl/α,β-unsaturated/α-hetero) is 1. The van der Waals surface area contributed by atoms with Crippen LogP contribution in [-0.2, 0) is 6.42 Å². The molecule has 2 aromatic heterocycles. The van der Waals surface area contributed by atoms with Gasteiger partial charge < -0.3 is 0 Å². The van der Waals surface area contributed by atoms with Crippen molar-refractivity contribution in [3.05, 3.63) is 45.7 Å². The van der Waals surface area contributed by atoms with Gasteiger partial charge in [-0.3, -0.25) is 9.78 Å². The molecule has 0 N–H and O–H groups in total. The lowest BCUT2D eigenvalue weighted by Gasteiger charge is -2.01. The molecule has 0 aliphatic carbocycles. The first-order chi connectivity index (χ1) is 7.66. The lowest BCUT2D eigenvalue weighted by molar-refractivity contribution is 0.0986. The van der Waals surface area contributed by atoms with Crippen LogP contribution in [0, 0.1) is 13.8 Å². The maximum atomic E-state index is 11.9. The van der Waals surface area contributed by atoms with Crippen molar-refractivity contribution in [3.63, 3.8) is 0 Å². The third-order valence-electron chi connectivity index (χ3n) is 2.28. The fourth-order valence-corrected chi connectivity index (χ4v) is 2.13. The van der Waals surface area contributed by atoms with E-state index in [0.717, 1.165) is 16.3 Å². The summed E-state index contributed by atoms with van der Waals surface area (Å²) < 4.78 is 0. The number of thiazole rings is 1.